The SMILES string of the molecule is CCCNCC(COCC)Cc1ccccc1Cl. The molecule has 0 heterocycles. The Labute approximate surface area is 116 Å². The van der Waals surface area contributed by atoms with Crippen LogP contribution in [-0.2, 0) is 11.2 Å². The molecule has 0 spiro atoms. The van der Waals surface area contributed by atoms with Crippen molar-refractivity contribution in [3.05, 3.63) is 34.9 Å². The van der Waals surface area contributed by atoms with Crippen molar-refractivity contribution in [2.75, 3.05) is 26.3 Å². The molecule has 0 bridgehead atoms. The molecule has 0 saturated heterocycles. The number of hydrogen-bond acceptors (Lipinski definition) is 2. The molecule has 2 nitrogen and oxygen atoms in total. The maximum Gasteiger partial charge on any atom is 0.0509 e. The van der Waals surface area contributed by atoms with E-state index < -0.39 is 0 Å². The second-order valence-electron chi connectivity index (χ2n) is 4.53. The van der Waals surface area contributed by atoms with Crippen LogP contribution in [0.4, 0.5) is 0 Å². The highest BCUT2D eigenvalue weighted by atomic mass is 35.5. The summed E-state index contributed by atoms with van der Waals surface area (Å²) in [6.45, 7) is 7.82. The van der Waals surface area contributed by atoms with Crippen LogP contribution in [-0.4, -0.2) is 26.3 Å². The summed E-state index contributed by atoms with van der Waals surface area (Å²) < 4.78 is 5.56. The van der Waals surface area contributed by atoms with Gasteiger partial charge in [-0.1, -0.05) is 36.7 Å². The summed E-state index contributed by atoms with van der Waals surface area (Å²) in [5.74, 6) is 0.483. The van der Waals surface area contributed by atoms with Crippen LogP contribution in [0.15, 0.2) is 24.3 Å². The topological polar surface area (TPSA) is 21.3 Å². The standard InChI is InChI=1S/C15H24ClNO/c1-3-9-17-11-13(12-18-4-2)10-14-7-5-6-8-15(14)16/h5-8,13,17H,3-4,9-12H2,1-2H3. The average molecular weight is 270 g/mol. The van der Waals surface area contributed by atoms with Crippen LogP contribution in [0.2, 0.25) is 5.02 Å². The lowest BCUT2D eigenvalue weighted by Gasteiger charge is -2.18. The minimum atomic E-state index is 0.483. The Balaban J connectivity index is 2.51. The maximum absolute atomic E-state index is 6.20. The van der Waals surface area contributed by atoms with E-state index in [0.717, 1.165) is 44.2 Å². The Morgan fingerprint density at radius 2 is 2.06 bits per heavy atom. The maximum atomic E-state index is 6.20. The Morgan fingerprint density at radius 1 is 1.28 bits per heavy atom. The molecule has 0 aliphatic carbocycles. The molecule has 1 aromatic rings. The smallest absolute Gasteiger partial charge is 0.0509 e. The minimum absolute atomic E-state index is 0.483. The molecule has 0 radical (unpaired) electrons. The molecule has 0 aliphatic heterocycles. The van der Waals surface area contributed by atoms with Crippen LogP contribution in [0, 0.1) is 5.92 Å². The van der Waals surface area contributed by atoms with Gasteiger partial charge in [0.2, 0.25) is 0 Å². The first-order valence-electron chi connectivity index (χ1n) is 6.79. The zero-order chi connectivity index (χ0) is 13.2. The summed E-state index contributed by atoms with van der Waals surface area (Å²) in [5, 5.41) is 4.32. The Bertz CT molecular complexity index is 330. The van der Waals surface area contributed by atoms with Gasteiger partial charge in [0.05, 0.1) is 6.61 Å². The largest absolute Gasteiger partial charge is 0.381 e. The molecule has 1 unspecified atom stereocenters. The summed E-state index contributed by atoms with van der Waals surface area (Å²) in [7, 11) is 0. The van der Waals surface area contributed by atoms with Gasteiger partial charge < -0.3 is 10.1 Å². The van der Waals surface area contributed by atoms with E-state index in [1.165, 1.54) is 5.56 Å². The highest BCUT2D eigenvalue weighted by molar-refractivity contribution is 6.31. The minimum Gasteiger partial charge on any atom is -0.381 e. The summed E-state index contributed by atoms with van der Waals surface area (Å²) >= 11 is 6.20. The summed E-state index contributed by atoms with van der Waals surface area (Å²) in [4.78, 5) is 0. The van der Waals surface area contributed by atoms with Crippen LogP contribution >= 0.6 is 11.6 Å². The average Bonchev–Trinajstić information content (AvgIpc) is 2.38. The van der Waals surface area contributed by atoms with E-state index in [4.69, 9.17) is 16.3 Å². The van der Waals surface area contributed by atoms with Gasteiger partial charge in [0, 0.05) is 18.2 Å². The third kappa shape index (κ3) is 5.85. The highest BCUT2D eigenvalue weighted by Crippen LogP contribution is 2.18. The number of ether oxygens (including phenoxy) is 1. The highest BCUT2D eigenvalue weighted by Gasteiger charge is 2.11. The van der Waals surface area contributed by atoms with Gasteiger partial charge in [0.1, 0.15) is 0 Å². The molecule has 0 fully saturated rings. The van der Waals surface area contributed by atoms with Crippen molar-refractivity contribution < 1.29 is 4.74 Å². The second-order valence-corrected chi connectivity index (χ2v) is 4.93. The zero-order valence-corrected chi connectivity index (χ0v) is 12.2. The molecule has 1 N–H and O–H groups in total. The number of benzene rings is 1. The van der Waals surface area contributed by atoms with E-state index in [9.17, 15) is 0 Å². The van der Waals surface area contributed by atoms with Crippen molar-refractivity contribution in [1.29, 1.82) is 0 Å². The number of nitrogens with one attached hydrogen (secondary N) is 1. The summed E-state index contributed by atoms with van der Waals surface area (Å²) in [6, 6.07) is 8.06. The van der Waals surface area contributed by atoms with E-state index >= 15 is 0 Å². The molecule has 0 amide bonds. The Morgan fingerprint density at radius 3 is 2.72 bits per heavy atom. The third-order valence-electron chi connectivity index (χ3n) is 2.88. The molecular formula is C15H24ClNO. The first-order valence-corrected chi connectivity index (χ1v) is 7.17. The normalized spacial score (nSPS) is 12.6. The molecule has 3 heteroatoms. The van der Waals surface area contributed by atoms with Crippen molar-refractivity contribution in [3.63, 3.8) is 0 Å². The fourth-order valence-electron chi connectivity index (χ4n) is 1.93. The third-order valence-corrected chi connectivity index (χ3v) is 3.25. The lowest BCUT2D eigenvalue weighted by Crippen LogP contribution is -2.28. The summed E-state index contributed by atoms with van der Waals surface area (Å²) in [6.07, 6.45) is 2.13. The van der Waals surface area contributed by atoms with Crippen LogP contribution in [0.25, 0.3) is 0 Å². The van der Waals surface area contributed by atoms with Gasteiger partial charge in [-0.3, -0.25) is 0 Å². The molecule has 102 valence electrons. The number of halogens is 1. The second kappa shape index (κ2) is 9.37. The summed E-state index contributed by atoms with van der Waals surface area (Å²) in [5.41, 5.74) is 1.21. The van der Waals surface area contributed by atoms with Crippen LogP contribution < -0.4 is 5.32 Å². The molecule has 18 heavy (non-hydrogen) atoms. The van der Waals surface area contributed by atoms with Gasteiger partial charge >= 0.3 is 0 Å². The van der Waals surface area contributed by atoms with Crippen molar-refractivity contribution in [2.45, 2.75) is 26.7 Å². The van der Waals surface area contributed by atoms with Crippen LogP contribution in [0.1, 0.15) is 25.8 Å². The van der Waals surface area contributed by atoms with Crippen molar-refractivity contribution in [1.82, 2.24) is 5.32 Å². The van der Waals surface area contributed by atoms with Crippen LogP contribution in [0.5, 0.6) is 0 Å². The molecule has 0 saturated carbocycles. The van der Waals surface area contributed by atoms with Gasteiger partial charge in [0.15, 0.2) is 0 Å². The van der Waals surface area contributed by atoms with Gasteiger partial charge in [-0.15, -0.1) is 0 Å². The molecular weight excluding hydrogens is 246 g/mol. The van der Waals surface area contributed by atoms with E-state index in [-0.39, 0.29) is 0 Å². The fourth-order valence-corrected chi connectivity index (χ4v) is 2.15. The van der Waals surface area contributed by atoms with E-state index in [0.29, 0.717) is 5.92 Å². The van der Waals surface area contributed by atoms with Gasteiger partial charge in [-0.05, 0) is 43.9 Å². The molecule has 1 atom stereocenters. The van der Waals surface area contributed by atoms with Gasteiger partial charge in [-0.2, -0.15) is 0 Å². The molecule has 1 rings (SSSR count). The van der Waals surface area contributed by atoms with Crippen molar-refractivity contribution >= 4 is 11.6 Å². The zero-order valence-electron chi connectivity index (χ0n) is 11.4. The fraction of sp³-hybridized carbons (Fsp3) is 0.600. The van der Waals surface area contributed by atoms with Gasteiger partial charge in [-0.25, -0.2) is 0 Å². The van der Waals surface area contributed by atoms with Crippen molar-refractivity contribution in [2.24, 2.45) is 5.92 Å². The van der Waals surface area contributed by atoms with Crippen LogP contribution in [0.3, 0.4) is 0 Å². The molecule has 0 aliphatic rings. The van der Waals surface area contributed by atoms with Gasteiger partial charge in [0.25, 0.3) is 0 Å². The quantitative estimate of drug-likeness (QED) is 0.693. The first-order chi connectivity index (χ1) is 8.77. The van der Waals surface area contributed by atoms with Crippen molar-refractivity contribution in [3.8, 4) is 0 Å². The predicted molar refractivity (Wildman–Crippen MR) is 78.3 cm³/mol. The number of hydrogen-bond donors (Lipinski definition) is 1. The molecule has 1 aromatic carbocycles. The predicted octanol–water partition coefficient (Wildman–Crippen LogP) is 3.53. The Kier molecular flexibility index (Phi) is 8.06. The van der Waals surface area contributed by atoms with E-state index in [1.54, 1.807) is 0 Å². The number of rotatable bonds is 9. The first kappa shape index (κ1) is 15.5. The monoisotopic (exact) mass is 269 g/mol. The lowest BCUT2D eigenvalue weighted by atomic mass is 10.00. The van der Waals surface area contributed by atoms with E-state index in [2.05, 4.69) is 18.3 Å². The lowest BCUT2D eigenvalue weighted by molar-refractivity contribution is 0.110. The van der Waals surface area contributed by atoms with E-state index in [1.807, 2.05) is 25.1 Å². The Hall–Kier alpha value is -0.570. The molecule has 0 aromatic heterocycles.